The molecule has 0 saturated carbocycles. The van der Waals surface area contributed by atoms with Crippen LogP contribution in [0.1, 0.15) is 27.7 Å². The molecule has 0 amide bonds. The molecule has 2 nitrogen and oxygen atoms in total. The zero-order valence-electron chi connectivity index (χ0n) is 8.77. The molecule has 0 atom stereocenters. The van der Waals surface area contributed by atoms with Crippen LogP contribution < -0.4 is 10.3 Å². The van der Waals surface area contributed by atoms with Gasteiger partial charge in [-0.05, 0) is 37.8 Å². The largest absolute Gasteiger partial charge is 0.303 e. The van der Waals surface area contributed by atoms with Gasteiger partial charge in [-0.25, -0.2) is 0 Å². The van der Waals surface area contributed by atoms with Gasteiger partial charge in [-0.1, -0.05) is 13.8 Å². The van der Waals surface area contributed by atoms with Gasteiger partial charge in [0.05, 0.1) is 12.6 Å². The second kappa shape index (κ2) is 6.35. The maximum absolute atomic E-state index is 3.37. The molecule has 0 unspecified atom stereocenters. The van der Waals surface area contributed by atoms with Gasteiger partial charge in [0.25, 0.3) is 0 Å². The summed E-state index contributed by atoms with van der Waals surface area (Å²) >= 11 is 1.73. The standard InChI is InChI=1S/C9H20N2S/c1-7(2)6-10-9(12-5)11-8(3)4/h7-8H,6H2,1-5H3,(H,10,11)/p+1. The number of nitrogens with one attached hydrogen (secondary N) is 2. The monoisotopic (exact) mass is 189 g/mol. The quantitative estimate of drug-likeness (QED) is 0.498. The molecule has 0 rings (SSSR count). The summed E-state index contributed by atoms with van der Waals surface area (Å²) in [6.45, 7) is 9.75. The van der Waals surface area contributed by atoms with E-state index >= 15 is 0 Å². The summed E-state index contributed by atoms with van der Waals surface area (Å²) in [6, 6.07) is 0.507. The summed E-state index contributed by atoms with van der Waals surface area (Å²) in [5.74, 6) is 0.695. The Morgan fingerprint density at radius 1 is 1.33 bits per heavy atom. The van der Waals surface area contributed by atoms with E-state index in [0.717, 1.165) is 6.54 Å². The molecule has 72 valence electrons. The molecule has 0 aliphatic rings. The molecular weight excluding hydrogens is 168 g/mol. The molecule has 0 heterocycles. The Hall–Kier alpha value is -0.180. The van der Waals surface area contributed by atoms with Crippen molar-refractivity contribution >= 4 is 16.9 Å². The zero-order chi connectivity index (χ0) is 9.56. The highest BCUT2D eigenvalue weighted by Gasteiger charge is 2.06. The molecular formula is C9H21N2S+. The first-order valence-electron chi connectivity index (χ1n) is 4.47. The lowest BCUT2D eigenvalue weighted by Crippen LogP contribution is -2.76. The second-order valence-corrected chi connectivity index (χ2v) is 4.42. The van der Waals surface area contributed by atoms with Crippen molar-refractivity contribution in [1.29, 1.82) is 0 Å². The van der Waals surface area contributed by atoms with Crippen LogP contribution in [0.3, 0.4) is 0 Å². The first-order chi connectivity index (χ1) is 5.56. The molecule has 2 N–H and O–H groups in total. The minimum Gasteiger partial charge on any atom is -0.269 e. The van der Waals surface area contributed by atoms with Crippen LogP contribution in [0.15, 0.2) is 0 Å². The third-order valence-corrected chi connectivity index (χ3v) is 1.97. The lowest BCUT2D eigenvalue weighted by atomic mass is 10.2. The SMILES string of the molecule is CSC(NC(C)C)=[NH+]CC(C)C. The van der Waals surface area contributed by atoms with E-state index < -0.39 is 0 Å². The van der Waals surface area contributed by atoms with Gasteiger partial charge in [-0.2, -0.15) is 0 Å². The molecule has 0 aliphatic carbocycles. The third-order valence-electron chi connectivity index (χ3n) is 1.29. The second-order valence-electron chi connectivity index (χ2n) is 3.61. The molecule has 12 heavy (non-hydrogen) atoms. The normalized spacial score (nSPS) is 12.8. The highest BCUT2D eigenvalue weighted by Crippen LogP contribution is 1.89. The molecule has 0 radical (unpaired) electrons. The van der Waals surface area contributed by atoms with Crippen LogP contribution in [-0.2, 0) is 0 Å². The molecule has 0 fully saturated rings. The van der Waals surface area contributed by atoms with Crippen molar-refractivity contribution in [1.82, 2.24) is 5.32 Å². The first kappa shape index (κ1) is 11.8. The van der Waals surface area contributed by atoms with E-state index in [1.165, 1.54) is 5.17 Å². The molecule has 0 spiro atoms. The molecule has 0 aliphatic heterocycles. The van der Waals surface area contributed by atoms with Crippen LogP contribution in [0.5, 0.6) is 0 Å². The molecule has 0 aromatic rings. The molecule has 0 saturated heterocycles. The maximum atomic E-state index is 3.37. The Morgan fingerprint density at radius 3 is 2.25 bits per heavy atom. The fourth-order valence-electron chi connectivity index (χ4n) is 0.741. The van der Waals surface area contributed by atoms with Crippen molar-refractivity contribution in [2.24, 2.45) is 5.92 Å². The van der Waals surface area contributed by atoms with Crippen molar-refractivity contribution in [3.8, 4) is 0 Å². The van der Waals surface area contributed by atoms with Crippen molar-refractivity contribution in [2.45, 2.75) is 33.7 Å². The number of amidine groups is 1. The van der Waals surface area contributed by atoms with E-state index in [4.69, 9.17) is 0 Å². The Morgan fingerprint density at radius 2 is 1.92 bits per heavy atom. The first-order valence-corrected chi connectivity index (χ1v) is 5.70. The summed E-state index contributed by atoms with van der Waals surface area (Å²) in [4.78, 5) is 3.37. The molecule has 0 aromatic carbocycles. The molecule has 0 bridgehead atoms. The predicted molar refractivity (Wildman–Crippen MR) is 57.5 cm³/mol. The smallest absolute Gasteiger partial charge is 0.269 e. The predicted octanol–water partition coefficient (Wildman–Crippen LogP) is 0.440. The van der Waals surface area contributed by atoms with Crippen LogP contribution in [0.4, 0.5) is 0 Å². The number of thioether (sulfide) groups is 1. The van der Waals surface area contributed by atoms with Crippen LogP contribution in [0.2, 0.25) is 0 Å². The van der Waals surface area contributed by atoms with Gasteiger partial charge in [0.1, 0.15) is 0 Å². The Kier molecular flexibility index (Phi) is 6.25. The van der Waals surface area contributed by atoms with Gasteiger partial charge in [0.15, 0.2) is 0 Å². The lowest BCUT2D eigenvalue weighted by Gasteiger charge is -2.04. The summed E-state index contributed by atoms with van der Waals surface area (Å²) < 4.78 is 0. The van der Waals surface area contributed by atoms with E-state index in [1.807, 2.05) is 0 Å². The average Bonchev–Trinajstić information content (AvgIpc) is 1.97. The maximum Gasteiger partial charge on any atom is 0.303 e. The zero-order valence-corrected chi connectivity index (χ0v) is 9.59. The number of hydrogen-bond acceptors (Lipinski definition) is 1. The van der Waals surface area contributed by atoms with Crippen molar-refractivity contribution in [3.63, 3.8) is 0 Å². The lowest BCUT2D eigenvalue weighted by molar-refractivity contribution is -0.463. The third kappa shape index (κ3) is 6.53. The van der Waals surface area contributed by atoms with Gasteiger partial charge in [-0.15, -0.1) is 0 Å². The van der Waals surface area contributed by atoms with Gasteiger partial charge in [0, 0.05) is 0 Å². The Bertz CT molecular complexity index is 141. The fourth-order valence-corrected chi connectivity index (χ4v) is 1.32. The van der Waals surface area contributed by atoms with E-state index in [-0.39, 0.29) is 0 Å². The number of rotatable bonds is 3. The van der Waals surface area contributed by atoms with Crippen LogP contribution in [0.25, 0.3) is 0 Å². The molecule has 3 heteroatoms. The van der Waals surface area contributed by atoms with Crippen molar-refractivity contribution < 1.29 is 4.99 Å². The topological polar surface area (TPSA) is 26.0 Å². The van der Waals surface area contributed by atoms with Gasteiger partial charge >= 0.3 is 5.17 Å². The van der Waals surface area contributed by atoms with Crippen LogP contribution in [0, 0.1) is 5.92 Å². The highest BCUT2D eigenvalue weighted by molar-refractivity contribution is 8.12. The Balaban J connectivity index is 3.87. The van der Waals surface area contributed by atoms with Crippen molar-refractivity contribution in [3.05, 3.63) is 0 Å². The Labute approximate surface area is 80.2 Å². The summed E-state index contributed by atoms with van der Waals surface area (Å²) in [5.41, 5.74) is 0. The minimum atomic E-state index is 0.507. The van der Waals surface area contributed by atoms with Crippen LogP contribution >= 0.6 is 11.8 Å². The summed E-state index contributed by atoms with van der Waals surface area (Å²) in [7, 11) is 0. The van der Waals surface area contributed by atoms with Gasteiger partial charge < -0.3 is 0 Å². The van der Waals surface area contributed by atoms with E-state index in [1.54, 1.807) is 11.8 Å². The minimum absolute atomic E-state index is 0.507. The average molecular weight is 189 g/mol. The number of hydrogen-bond donors (Lipinski definition) is 2. The van der Waals surface area contributed by atoms with E-state index in [9.17, 15) is 0 Å². The van der Waals surface area contributed by atoms with Crippen molar-refractivity contribution in [2.75, 3.05) is 12.8 Å². The highest BCUT2D eigenvalue weighted by atomic mass is 32.2. The molecule has 0 aromatic heterocycles. The van der Waals surface area contributed by atoms with E-state index in [0.29, 0.717) is 12.0 Å². The fraction of sp³-hybridized carbons (Fsp3) is 0.889. The van der Waals surface area contributed by atoms with Gasteiger partial charge in [0.2, 0.25) is 0 Å². The van der Waals surface area contributed by atoms with Crippen LogP contribution in [-0.4, -0.2) is 24.0 Å². The summed E-state index contributed by atoms with van der Waals surface area (Å²) in [6.07, 6.45) is 2.08. The van der Waals surface area contributed by atoms with E-state index in [2.05, 4.69) is 44.3 Å². The van der Waals surface area contributed by atoms with Gasteiger partial charge in [-0.3, -0.25) is 10.3 Å². The summed E-state index contributed by atoms with van der Waals surface area (Å²) in [5, 5.41) is 4.53.